The number of ether oxygens (including phenoxy) is 1. The van der Waals surface area contributed by atoms with E-state index in [0.717, 1.165) is 30.9 Å². The number of hydrogen-bond acceptors (Lipinski definition) is 4. The molecule has 4 heteroatoms. The van der Waals surface area contributed by atoms with Crippen LogP contribution in [0, 0.1) is 5.92 Å². The van der Waals surface area contributed by atoms with Gasteiger partial charge in [-0.1, -0.05) is 13.8 Å². The number of nitrogen functional groups attached to an aromatic ring is 1. The van der Waals surface area contributed by atoms with Gasteiger partial charge in [-0.15, -0.1) is 0 Å². The van der Waals surface area contributed by atoms with Gasteiger partial charge in [-0.05, 0) is 66.5 Å². The van der Waals surface area contributed by atoms with Gasteiger partial charge < -0.3 is 15.8 Å². The summed E-state index contributed by atoms with van der Waals surface area (Å²) in [6.45, 7) is 6.40. The van der Waals surface area contributed by atoms with E-state index in [-0.39, 0.29) is 6.10 Å². The van der Waals surface area contributed by atoms with E-state index in [2.05, 4.69) is 36.0 Å². The van der Waals surface area contributed by atoms with Gasteiger partial charge in [0.1, 0.15) is 11.9 Å². The fourth-order valence-corrected chi connectivity index (χ4v) is 2.98. The van der Waals surface area contributed by atoms with Crippen molar-refractivity contribution in [3.8, 4) is 5.75 Å². The van der Waals surface area contributed by atoms with Gasteiger partial charge in [0.15, 0.2) is 0 Å². The molecule has 1 aromatic carbocycles. The molecular formula is C17H24N2OS. The SMILES string of the molecule is CCNCCC(C)C(Oc1ccc(N)cc1)c1ccsc1. The zero-order valence-corrected chi connectivity index (χ0v) is 13.5. The Labute approximate surface area is 131 Å². The molecule has 0 aliphatic carbocycles. The Balaban J connectivity index is 2.07. The van der Waals surface area contributed by atoms with Gasteiger partial charge in [-0.3, -0.25) is 0 Å². The minimum absolute atomic E-state index is 0.0820. The topological polar surface area (TPSA) is 47.3 Å². The summed E-state index contributed by atoms with van der Waals surface area (Å²) >= 11 is 1.71. The summed E-state index contributed by atoms with van der Waals surface area (Å²) in [5, 5.41) is 7.66. The van der Waals surface area contributed by atoms with Crippen molar-refractivity contribution in [3.05, 3.63) is 46.7 Å². The maximum absolute atomic E-state index is 6.23. The van der Waals surface area contributed by atoms with Gasteiger partial charge in [0.2, 0.25) is 0 Å². The Kier molecular flexibility index (Phi) is 6.08. The average Bonchev–Trinajstić information content (AvgIpc) is 3.00. The highest BCUT2D eigenvalue weighted by Gasteiger charge is 2.21. The van der Waals surface area contributed by atoms with Crippen molar-refractivity contribution in [2.75, 3.05) is 18.8 Å². The third-order valence-corrected chi connectivity index (χ3v) is 4.26. The first kappa shape index (κ1) is 15.9. The maximum Gasteiger partial charge on any atom is 0.127 e. The molecule has 21 heavy (non-hydrogen) atoms. The zero-order chi connectivity index (χ0) is 15.1. The quantitative estimate of drug-likeness (QED) is 0.570. The lowest BCUT2D eigenvalue weighted by Gasteiger charge is -2.25. The Morgan fingerprint density at radius 1 is 1.24 bits per heavy atom. The summed E-state index contributed by atoms with van der Waals surface area (Å²) < 4.78 is 6.23. The van der Waals surface area contributed by atoms with Crippen molar-refractivity contribution in [2.24, 2.45) is 5.92 Å². The van der Waals surface area contributed by atoms with Crippen LogP contribution in [-0.4, -0.2) is 13.1 Å². The number of thiophene rings is 1. The van der Waals surface area contributed by atoms with E-state index in [9.17, 15) is 0 Å². The standard InChI is InChI=1S/C17H24N2OS/c1-3-19-10-8-13(2)17(14-9-11-21-12-14)20-16-6-4-15(18)5-7-16/h4-7,9,11-13,17,19H,3,8,10,18H2,1-2H3. The average molecular weight is 304 g/mol. The van der Waals surface area contributed by atoms with Gasteiger partial charge in [-0.25, -0.2) is 0 Å². The summed E-state index contributed by atoms with van der Waals surface area (Å²) in [6.07, 6.45) is 1.17. The fraction of sp³-hybridized carbons (Fsp3) is 0.412. The van der Waals surface area contributed by atoms with E-state index in [1.165, 1.54) is 5.56 Å². The van der Waals surface area contributed by atoms with Crippen LogP contribution in [0.5, 0.6) is 5.75 Å². The molecule has 2 aromatic rings. The number of benzene rings is 1. The number of anilines is 1. The van der Waals surface area contributed by atoms with E-state index in [1.807, 2.05) is 24.3 Å². The maximum atomic E-state index is 6.23. The molecule has 0 radical (unpaired) electrons. The molecule has 2 atom stereocenters. The Morgan fingerprint density at radius 3 is 2.62 bits per heavy atom. The lowest BCUT2D eigenvalue weighted by atomic mass is 9.96. The van der Waals surface area contributed by atoms with Crippen molar-refractivity contribution < 1.29 is 4.74 Å². The van der Waals surface area contributed by atoms with Crippen LogP contribution in [0.15, 0.2) is 41.1 Å². The van der Waals surface area contributed by atoms with Crippen LogP contribution >= 0.6 is 11.3 Å². The second kappa shape index (κ2) is 8.05. The van der Waals surface area contributed by atoms with E-state index >= 15 is 0 Å². The highest BCUT2D eigenvalue weighted by atomic mass is 32.1. The van der Waals surface area contributed by atoms with Gasteiger partial charge in [-0.2, -0.15) is 11.3 Å². The first-order valence-electron chi connectivity index (χ1n) is 7.45. The number of rotatable bonds is 8. The molecule has 2 rings (SSSR count). The Hall–Kier alpha value is -1.52. The van der Waals surface area contributed by atoms with Crippen molar-refractivity contribution in [1.29, 1.82) is 0 Å². The minimum atomic E-state index is 0.0820. The third-order valence-electron chi connectivity index (χ3n) is 3.56. The van der Waals surface area contributed by atoms with Crippen LogP contribution in [0.25, 0.3) is 0 Å². The van der Waals surface area contributed by atoms with E-state index in [4.69, 9.17) is 10.5 Å². The van der Waals surface area contributed by atoms with Crippen LogP contribution in [0.2, 0.25) is 0 Å². The molecule has 0 fully saturated rings. The Bertz CT molecular complexity index is 510. The molecule has 0 saturated heterocycles. The summed E-state index contributed by atoms with van der Waals surface area (Å²) in [7, 11) is 0. The van der Waals surface area contributed by atoms with Crippen LogP contribution in [0.3, 0.4) is 0 Å². The molecule has 1 aromatic heterocycles. The molecule has 0 aliphatic heterocycles. The lowest BCUT2D eigenvalue weighted by molar-refractivity contribution is 0.139. The molecule has 2 unspecified atom stereocenters. The number of nitrogens with one attached hydrogen (secondary N) is 1. The molecule has 0 aliphatic rings. The van der Waals surface area contributed by atoms with Crippen molar-refractivity contribution >= 4 is 17.0 Å². The van der Waals surface area contributed by atoms with E-state index < -0.39 is 0 Å². The van der Waals surface area contributed by atoms with Crippen molar-refractivity contribution in [2.45, 2.75) is 26.4 Å². The number of nitrogens with two attached hydrogens (primary N) is 1. The van der Waals surface area contributed by atoms with Crippen LogP contribution in [0.1, 0.15) is 31.9 Å². The lowest BCUT2D eigenvalue weighted by Crippen LogP contribution is -2.22. The van der Waals surface area contributed by atoms with Crippen molar-refractivity contribution in [1.82, 2.24) is 5.32 Å². The highest BCUT2D eigenvalue weighted by molar-refractivity contribution is 7.07. The molecular weight excluding hydrogens is 280 g/mol. The monoisotopic (exact) mass is 304 g/mol. The normalized spacial score (nSPS) is 13.8. The predicted octanol–water partition coefficient (Wildman–Crippen LogP) is 4.09. The van der Waals surface area contributed by atoms with Gasteiger partial charge in [0.05, 0.1) is 0 Å². The minimum Gasteiger partial charge on any atom is -0.485 e. The van der Waals surface area contributed by atoms with Crippen LogP contribution in [-0.2, 0) is 0 Å². The molecule has 0 spiro atoms. The molecule has 1 heterocycles. The first-order chi connectivity index (χ1) is 10.2. The highest BCUT2D eigenvalue weighted by Crippen LogP contribution is 2.31. The molecule has 0 amide bonds. The fourth-order valence-electron chi connectivity index (χ4n) is 2.30. The van der Waals surface area contributed by atoms with Gasteiger partial charge in [0, 0.05) is 11.3 Å². The van der Waals surface area contributed by atoms with E-state index in [1.54, 1.807) is 11.3 Å². The summed E-state index contributed by atoms with van der Waals surface area (Å²) in [6, 6.07) is 9.78. The van der Waals surface area contributed by atoms with Crippen LogP contribution < -0.4 is 15.8 Å². The molecule has 0 bridgehead atoms. The molecule has 3 N–H and O–H groups in total. The van der Waals surface area contributed by atoms with Gasteiger partial charge in [0.25, 0.3) is 0 Å². The van der Waals surface area contributed by atoms with E-state index in [0.29, 0.717) is 5.92 Å². The predicted molar refractivity (Wildman–Crippen MR) is 90.9 cm³/mol. The largest absolute Gasteiger partial charge is 0.485 e. The third kappa shape index (κ3) is 4.76. The van der Waals surface area contributed by atoms with Crippen LogP contribution in [0.4, 0.5) is 5.69 Å². The first-order valence-corrected chi connectivity index (χ1v) is 8.40. The Morgan fingerprint density at radius 2 is 2.00 bits per heavy atom. The second-order valence-electron chi connectivity index (χ2n) is 5.28. The summed E-state index contributed by atoms with van der Waals surface area (Å²) in [5.41, 5.74) is 7.74. The van der Waals surface area contributed by atoms with Gasteiger partial charge >= 0.3 is 0 Å². The smallest absolute Gasteiger partial charge is 0.127 e. The summed E-state index contributed by atoms with van der Waals surface area (Å²) in [5.74, 6) is 1.31. The summed E-state index contributed by atoms with van der Waals surface area (Å²) in [4.78, 5) is 0. The molecule has 3 nitrogen and oxygen atoms in total. The molecule has 0 saturated carbocycles. The zero-order valence-electron chi connectivity index (χ0n) is 12.7. The van der Waals surface area contributed by atoms with Crippen molar-refractivity contribution in [3.63, 3.8) is 0 Å². The number of hydrogen-bond donors (Lipinski definition) is 2. The molecule has 114 valence electrons. The second-order valence-corrected chi connectivity index (χ2v) is 6.06.